The van der Waals surface area contributed by atoms with Crippen LogP contribution in [0.25, 0.3) is 0 Å². The maximum atomic E-state index is 11.7. The van der Waals surface area contributed by atoms with Crippen LogP contribution in [0.2, 0.25) is 0 Å². The number of aryl methyl sites for hydroxylation is 1. The number of carbonyl (C=O) groups is 1. The number of pyridine rings is 1. The van der Waals surface area contributed by atoms with Gasteiger partial charge < -0.3 is 15.7 Å². The lowest BCUT2D eigenvalue weighted by atomic mass is 10.2. The summed E-state index contributed by atoms with van der Waals surface area (Å²) in [6.07, 6.45) is 0.0266. The summed E-state index contributed by atoms with van der Waals surface area (Å²) in [6, 6.07) is 5.13. The molecule has 0 spiro atoms. The van der Waals surface area contributed by atoms with Crippen molar-refractivity contribution in [1.82, 2.24) is 10.3 Å². The Morgan fingerprint density at radius 1 is 1.62 bits per heavy atom. The first-order valence-corrected chi connectivity index (χ1v) is 5.31. The summed E-state index contributed by atoms with van der Waals surface area (Å²) in [5.74, 6) is 0.405. The Kier molecular flexibility index (Phi) is 3.17. The molecule has 1 saturated heterocycles. The van der Waals surface area contributed by atoms with Gasteiger partial charge in [0.05, 0.1) is 12.1 Å². The van der Waals surface area contributed by atoms with Crippen LogP contribution in [0.5, 0.6) is 0 Å². The second kappa shape index (κ2) is 4.59. The molecule has 5 heteroatoms. The molecule has 3 N–H and O–H groups in total. The fourth-order valence-electron chi connectivity index (χ4n) is 1.74. The van der Waals surface area contributed by atoms with Gasteiger partial charge in [0, 0.05) is 12.2 Å². The van der Waals surface area contributed by atoms with Crippen molar-refractivity contribution in [3.8, 4) is 0 Å². The molecule has 5 nitrogen and oxygen atoms in total. The van der Waals surface area contributed by atoms with Crippen molar-refractivity contribution in [2.75, 3.05) is 11.9 Å². The summed E-state index contributed by atoms with van der Waals surface area (Å²) < 4.78 is 0. The molecule has 1 aromatic heterocycles. The van der Waals surface area contributed by atoms with Crippen molar-refractivity contribution in [2.24, 2.45) is 0 Å². The SMILES string of the molecule is Cc1cccc(NC(=O)C2CC(O)CN2)n1. The van der Waals surface area contributed by atoms with E-state index in [1.807, 2.05) is 19.1 Å². The maximum absolute atomic E-state index is 11.7. The van der Waals surface area contributed by atoms with E-state index in [1.165, 1.54) is 0 Å². The molecule has 0 radical (unpaired) electrons. The first-order valence-electron chi connectivity index (χ1n) is 5.31. The lowest BCUT2D eigenvalue weighted by Gasteiger charge is -2.10. The number of nitrogens with one attached hydrogen (secondary N) is 2. The zero-order valence-electron chi connectivity index (χ0n) is 9.10. The van der Waals surface area contributed by atoms with Crippen LogP contribution in [0.4, 0.5) is 5.82 Å². The molecule has 86 valence electrons. The number of carbonyl (C=O) groups excluding carboxylic acids is 1. The molecule has 0 saturated carbocycles. The minimum Gasteiger partial charge on any atom is -0.392 e. The maximum Gasteiger partial charge on any atom is 0.242 e. The van der Waals surface area contributed by atoms with Crippen LogP contribution in [0, 0.1) is 6.92 Å². The Balaban J connectivity index is 1.97. The Labute approximate surface area is 93.9 Å². The molecule has 1 aromatic rings. The van der Waals surface area contributed by atoms with E-state index >= 15 is 0 Å². The quantitative estimate of drug-likeness (QED) is 0.659. The van der Waals surface area contributed by atoms with Gasteiger partial charge in [0.2, 0.25) is 5.91 Å². The van der Waals surface area contributed by atoms with Crippen LogP contribution >= 0.6 is 0 Å². The summed E-state index contributed by atoms with van der Waals surface area (Å²) in [4.78, 5) is 15.9. The Bertz CT molecular complexity index is 395. The van der Waals surface area contributed by atoms with E-state index in [4.69, 9.17) is 0 Å². The van der Waals surface area contributed by atoms with Gasteiger partial charge in [-0.25, -0.2) is 4.98 Å². The van der Waals surface area contributed by atoms with E-state index in [-0.39, 0.29) is 11.9 Å². The highest BCUT2D eigenvalue weighted by molar-refractivity contribution is 5.94. The molecule has 16 heavy (non-hydrogen) atoms. The third-order valence-electron chi connectivity index (χ3n) is 2.56. The summed E-state index contributed by atoms with van der Waals surface area (Å²) in [5, 5.41) is 15.0. The van der Waals surface area contributed by atoms with Gasteiger partial charge in [-0.2, -0.15) is 0 Å². The number of aromatic nitrogens is 1. The number of hydrogen-bond acceptors (Lipinski definition) is 4. The predicted molar refractivity (Wildman–Crippen MR) is 60.0 cm³/mol. The van der Waals surface area contributed by atoms with Gasteiger partial charge in [-0.3, -0.25) is 4.79 Å². The van der Waals surface area contributed by atoms with E-state index < -0.39 is 6.10 Å². The van der Waals surface area contributed by atoms with E-state index in [0.29, 0.717) is 18.8 Å². The number of β-amino-alcohol motifs (C(OH)–C–C–N with tert-alkyl or cyclic N) is 1. The molecule has 1 aliphatic rings. The molecule has 1 fully saturated rings. The van der Waals surface area contributed by atoms with Crippen LogP contribution in [-0.4, -0.2) is 34.7 Å². The topological polar surface area (TPSA) is 74.2 Å². The molecule has 1 aliphatic heterocycles. The third-order valence-corrected chi connectivity index (χ3v) is 2.56. The van der Waals surface area contributed by atoms with Gasteiger partial charge >= 0.3 is 0 Å². The largest absolute Gasteiger partial charge is 0.392 e. The highest BCUT2D eigenvalue weighted by Gasteiger charge is 2.28. The van der Waals surface area contributed by atoms with Crippen molar-refractivity contribution in [3.63, 3.8) is 0 Å². The van der Waals surface area contributed by atoms with Crippen molar-refractivity contribution in [3.05, 3.63) is 23.9 Å². The van der Waals surface area contributed by atoms with Crippen LogP contribution < -0.4 is 10.6 Å². The smallest absolute Gasteiger partial charge is 0.242 e. The van der Waals surface area contributed by atoms with Crippen LogP contribution in [-0.2, 0) is 4.79 Å². The summed E-state index contributed by atoms with van der Waals surface area (Å²) >= 11 is 0. The molecule has 0 aliphatic carbocycles. The molecular formula is C11H15N3O2. The van der Waals surface area contributed by atoms with E-state index in [2.05, 4.69) is 15.6 Å². The third kappa shape index (κ3) is 2.56. The van der Waals surface area contributed by atoms with Crippen LogP contribution in [0.15, 0.2) is 18.2 Å². The molecule has 2 unspecified atom stereocenters. The van der Waals surface area contributed by atoms with Crippen LogP contribution in [0.3, 0.4) is 0 Å². The van der Waals surface area contributed by atoms with Gasteiger partial charge in [-0.15, -0.1) is 0 Å². The van der Waals surface area contributed by atoms with Crippen molar-refractivity contribution in [1.29, 1.82) is 0 Å². The molecule has 2 atom stereocenters. The van der Waals surface area contributed by atoms with Gasteiger partial charge in [0.1, 0.15) is 5.82 Å². The minimum atomic E-state index is -0.429. The molecular weight excluding hydrogens is 206 g/mol. The first kappa shape index (κ1) is 11.0. The molecule has 2 heterocycles. The van der Waals surface area contributed by atoms with Gasteiger partial charge in [-0.05, 0) is 25.5 Å². The molecule has 0 aromatic carbocycles. The van der Waals surface area contributed by atoms with Gasteiger partial charge in [-0.1, -0.05) is 6.07 Å². The zero-order valence-corrected chi connectivity index (χ0v) is 9.10. The molecule has 2 rings (SSSR count). The summed E-state index contributed by atoms with van der Waals surface area (Å²) in [6.45, 7) is 2.34. The van der Waals surface area contributed by atoms with E-state index in [9.17, 15) is 9.90 Å². The fourth-order valence-corrected chi connectivity index (χ4v) is 1.74. The summed E-state index contributed by atoms with van der Waals surface area (Å²) in [5.41, 5.74) is 0.859. The normalized spacial score (nSPS) is 24.4. The van der Waals surface area contributed by atoms with Crippen molar-refractivity contribution >= 4 is 11.7 Å². The first-order chi connectivity index (χ1) is 7.65. The second-order valence-electron chi connectivity index (χ2n) is 4.00. The van der Waals surface area contributed by atoms with Crippen molar-refractivity contribution in [2.45, 2.75) is 25.5 Å². The predicted octanol–water partition coefficient (Wildman–Crippen LogP) is 0.0513. The minimum absolute atomic E-state index is 0.144. The number of hydrogen-bond donors (Lipinski definition) is 3. The standard InChI is InChI=1S/C11H15N3O2/c1-7-3-2-4-10(13-7)14-11(16)9-5-8(15)6-12-9/h2-4,8-9,12,15H,5-6H2,1H3,(H,13,14,16). The number of anilines is 1. The lowest BCUT2D eigenvalue weighted by molar-refractivity contribution is -0.117. The highest BCUT2D eigenvalue weighted by atomic mass is 16.3. The van der Waals surface area contributed by atoms with Gasteiger partial charge in [0.15, 0.2) is 0 Å². The molecule has 0 bridgehead atoms. The average Bonchev–Trinajstić information content (AvgIpc) is 2.65. The Morgan fingerprint density at radius 3 is 3.06 bits per heavy atom. The van der Waals surface area contributed by atoms with Gasteiger partial charge in [0.25, 0.3) is 0 Å². The second-order valence-corrected chi connectivity index (χ2v) is 4.00. The van der Waals surface area contributed by atoms with E-state index in [1.54, 1.807) is 6.07 Å². The Hall–Kier alpha value is -1.46. The number of aliphatic hydroxyl groups excluding tert-OH is 1. The number of rotatable bonds is 2. The van der Waals surface area contributed by atoms with Crippen LogP contribution in [0.1, 0.15) is 12.1 Å². The Morgan fingerprint density at radius 2 is 2.44 bits per heavy atom. The number of nitrogens with zero attached hydrogens (tertiary/aromatic N) is 1. The average molecular weight is 221 g/mol. The number of amides is 1. The van der Waals surface area contributed by atoms with E-state index in [0.717, 1.165) is 5.69 Å². The lowest BCUT2D eigenvalue weighted by Crippen LogP contribution is -2.35. The molecule has 1 amide bonds. The summed E-state index contributed by atoms with van der Waals surface area (Å²) in [7, 11) is 0. The zero-order chi connectivity index (χ0) is 11.5. The monoisotopic (exact) mass is 221 g/mol. The van der Waals surface area contributed by atoms with Crippen molar-refractivity contribution < 1.29 is 9.90 Å². The fraction of sp³-hybridized carbons (Fsp3) is 0.455. The highest BCUT2D eigenvalue weighted by Crippen LogP contribution is 2.10. The number of aliphatic hydroxyl groups is 1.